The summed E-state index contributed by atoms with van der Waals surface area (Å²) in [6.07, 6.45) is 2.30. The van der Waals surface area contributed by atoms with Crippen LogP contribution in [-0.2, 0) is 11.2 Å². The zero-order valence-electron chi connectivity index (χ0n) is 18.0. The number of carbonyl (C=O) groups excluding carboxylic acids is 2. The van der Waals surface area contributed by atoms with Gasteiger partial charge in [0, 0.05) is 29.6 Å². The molecule has 31 heavy (non-hydrogen) atoms. The van der Waals surface area contributed by atoms with Crippen LogP contribution in [0, 0.1) is 6.92 Å². The molecule has 2 amide bonds. The first-order valence-corrected chi connectivity index (χ1v) is 11.2. The van der Waals surface area contributed by atoms with Crippen LogP contribution >= 0.6 is 11.8 Å². The van der Waals surface area contributed by atoms with Gasteiger partial charge in [0.1, 0.15) is 12.2 Å². The quantitative estimate of drug-likeness (QED) is 0.496. The van der Waals surface area contributed by atoms with E-state index in [9.17, 15) is 9.59 Å². The van der Waals surface area contributed by atoms with E-state index in [2.05, 4.69) is 34.7 Å². The Balaban J connectivity index is 1.54. The van der Waals surface area contributed by atoms with Crippen molar-refractivity contribution in [3.8, 4) is 0 Å². The molecule has 0 aliphatic rings. The van der Waals surface area contributed by atoms with E-state index in [1.807, 2.05) is 54.0 Å². The van der Waals surface area contributed by atoms with Crippen molar-refractivity contribution in [1.82, 2.24) is 20.1 Å². The van der Waals surface area contributed by atoms with Crippen molar-refractivity contribution in [3.63, 3.8) is 0 Å². The minimum atomic E-state index is -0.169. The van der Waals surface area contributed by atoms with Gasteiger partial charge < -0.3 is 15.2 Å². The summed E-state index contributed by atoms with van der Waals surface area (Å²) in [5.41, 5.74) is 2.45. The number of aryl methyl sites for hydroxylation is 1. The summed E-state index contributed by atoms with van der Waals surface area (Å²) in [5, 5.41) is 13.9. The second-order valence-electron chi connectivity index (χ2n) is 7.45. The fourth-order valence-electron chi connectivity index (χ4n) is 3.02. The fourth-order valence-corrected chi connectivity index (χ4v) is 3.87. The van der Waals surface area contributed by atoms with E-state index in [0.717, 1.165) is 22.0 Å². The van der Waals surface area contributed by atoms with Crippen molar-refractivity contribution in [2.45, 2.75) is 38.1 Å². The molecule has 3 aromatic rings. The number of amides is 2. The lowest BCUT2D eigenvalue weighted by Gasteiger charge is -2.12. The molecule has 8 heteroatoms. The third-order valence-electron chi connectivity index (χ3n) is 4.66. The largest absolute Gasteiger partial charge is 0.352 e. The normalized spacial score (nSPS) is 10.8. The van der Waals surface area contributed by atoms with Crippen molar-refractivity contribution in [2.24, 2.45) is 0 Å². The summed E-state index contributed by atoms with van der Waals surface area (Å²) in [5.74, 6) is 0.774. The lowest BCUT2D eigenvalue weighted by Crippen LogP contribution is -2.27. The predicted molar refractivity (Wildman–Crippen MR) is 123 cm³/mol. The van der Waals surface area contributed by atoms with E-state index in [0.29, 0.717) is 18.5 Å². The lowest BCUT2D eigenvalue weighted by molar-refractivity contribution is -0.113. The molecule has 0 spiro atoms. The first-order chi connectivity index (χ1) is 14.9. The second-order valence-corrected chi connectivity index (χ2v) is 8.47. The molecule has 0 fully saturated rings. The molecule has 2 N–H and O–H groups in total. The molecule has 0 saturated heterocycles. The van der Waals surface area contributed by atoms with E-state index in [4.69, 9.17) is 0 Å². The molecule has 0 unspecified atom stereocenters. The van der Waals surface area contributed by atoms with Crippen molar-refractivity contribution in [2.75, 3.05) is 17.6 Å². The molecule has 0 aliphatic carbocycles. The molecule has 7 nitrogen and oxygen atoms in total. The summed E-state index contributed by atoms with van der Waals surface area (Å²) < 4.78 is 1.99. The average molecular weight is 438 g/mol. The van der Waals surface area contributed by atoms with E-state index >= 15 is 0 Å². The fraction of sp³-hybridized carbons (Fsp3) is 0.304. The van der Waals surface area contributed by atoms with E-state index in [-0.39, 0.29) is 23.6 Å². The Morgan fingerprint density at radius 1 is 1.10 bits per heavy atom. The molecule has 0 saturated carbocycles. The van der Waals surface area contributed by atoms with E-state index in [1.54, 1.807) is 12.4 Å². The lowest BCUT2D eigenvalue weighted by atomic mass is 10.2. The highest BCUT2D eigenvalue weighted by Gasteiger charge is 2.14. The first kappa shape index (κ1) is 22.6. The van der Waals surface area contributed by atoms with Crippen molar-refractivity contribution >= 4 is 29.3 Å². The summed E-state index contributed by atoms with van der Waals surface area (Å²) in [7, 11) is 0. The Morgan fingerprint density at radius 3 is 2.58 bits per heavy atom. The number of hydrogen-bond donors (Lipinski definition) is 2. The first-order valence-electron chi connectivity index (χ1n) is 10.2. The van der Waals surface area contributed by atoms with Crippen LogP contribution in [0.4, 0.5) is 5.69 Å². The van der Waals surface area contributed by atoms with Gasteiger partial charge in [0.2, 0.25) is 5.91 Å². The van der Waals surface area contributed by atoms with Gasteiger partial charge in [0.25, 0.3) is 5.91 Å². The van der Waals surface area contributed by atoms with Gasteiger partial charge >= 0.3 is 0 Å². The minimum absolute atomic E-state index is 0.114. The van der Waals surface area contributed by atoms with Crippen molar-refractivity contribution in [3.05, 3.63) is 71.8 Å². The van der Waals surface area contributed by atoms with Crippen LogP contribution in [0.15, 0.2) is 59.8 Å². The molecular formula is C23H27N5O2S. The Kier molecular flexibility index (Phi) is 7.83. The molecule has 1 aromatic heterocycles. The van der Waals surface area contributed by atoms with Crippen molar-refractivity contribution in [1.29, 1.82) is 0 Å². The van der Waals surface area contributed by atoms with Crippen LogP contribution in [0.5, 0.6) is 0 Å². The zero-order valence-corrected chi connectivity index (χ0v) is 18.8. The summed E-state index contributed by atoms with van der Waals surface area (Å²) >= 11 is 1.34. The van der Waals surface area contributed by atoms with Gasteiger partial charge in [-0.2, -0.15) is 0 Å². The van der Waals surface area contributed by atoms with Gasteiger partial charge in [-0.25, -0.2) is 0 Å². The third-order valence-corrected chi connectivity index (χ3v) is 5.74. The second kappa shape index (κ2) is 10.8. The van der Waals surface area contributed by atoms with Gasteiger partial charge in [-0.05, 0) is 45.0 Å². The molecule has 0 bridgehead atoms. The van der Waals surface area contributed by atoms with Crippen molar-refractivity contribution < 1.29 is 9.59 Å². The van der Waals surface area contributed by atoms with Gasteiger partial charge in [0.05, 0.1) is 11.3 Å². The van der Waals surface area contributed by atoms with Gasteiger partial charge in [-0.1, -0.05) is 29.8 Å². The van der Waals surface area contributed by atoms with Crippen LogP contribution in [0.2, 0.25) is 0 Å². The number of rotatable bonds is 9. The van der Waals surface area contributed by atoms with Crippen LogP contribution < -0.4 is 10.6 Å². The molecule has 162 valence electrons. The maximum Gasteiger partial charge on any atom is 0.252 e. The predicted octanol–water partition coefficient (Wildman–Crippen LogP) is 3.87. The van der Waals surface area contributed by atoms with E-state index in [1.165, 1.54) is 11.8 Å². The van der Waals surface area contributed by atoms with Crippen LogP contribution in [0.1, 0.15) is 41.6 Å². The van der Waals surface area contributed by atoms with Gasteiger partial charge in [-0.3, -0.25) is 9.59 Å². The Bertz CT molecular complexity index is 1030. The molecule has 3 rings (SSSR count). The SMILES string of the molecule is Cc1ccc(NC(=O)CSc2ccccc2C(=O)NCCc2nncn2C(C)C)cc1. The summed E-state index contributed by atoms with van der Waals surface area (Å²) in [6, 6.07) is 15.2. The molecule has 1 heterocycles. The van der Waals surface area contributed by atoms with Crippen LogP contribution in [0.3, 0.4) is 0 Å². The number of anilines is 1. The number of hydrogen-bond acceptors (Lipinski definition) is 5. The zero-order chi connectivity index (χ0) is 22.2. The van der Waals surface area contributed by atoms with Crippen LogP contribution in [0.25, 0.3) is 0 Å². The highest BCUT2D eigenvalue weighted by molar-refractivity contribution is 8.00. The number of thioether (sulfide) groups is 1. The molecular weight excluding hydrogens is 410 g/mol. The summed E-state index contributed by atoms with van der Waals surface area (Å²) in [6.45, 7) is 6.58. The van der Waals surface area contributed by atoms with E-state index < -0.39 is 0 Å². The van der Waals surface area contributed by atoms with Gasteiger partial charge in [0.15, 0.2) is 0 Å². The number of nitrogens with one attached hydrogen (secondary N) is 2. The molecule has 0 atom stereocenters. The smallest absolute Gasteiger partial charge is 0.252 e. The third kappa shape index (κ3) is 6.42. The number of carbonyl (C=O) groups is 2. The van der Waals surface area contributed by atoms with Crippen LogP contribution in [-0.4, -0.2) is 38.9 Å². The summed E-state index contributed by atoms with van der Waals surface area (Å²) in [4.78, 5) is 25.8. The highest BCUT2D eigenvalue weighted by Crippen LogP contribution is 2.23. The Hall–Kier alpha value is -3.13. The Labute approximate surface area is 186 Å². The monoisotopic (exact) mass is 437 g/mol. The maximum atomic E-state index is 12.7. The highest BCUT2D eigenvalue weighted by atomic mass is 32.2. The molecule has 0 aliphatic heterocycles. The number of nitrogens with zero attached hydrogens (tertiary/aromatic N) is 3. The Morgan fingerprint density at radius 2 is 1.84 bits per heavy atom. The topological polar surface area (TPSA) is 88.9 Å². The average Bonchev–Trinajstić information content (AvgIpc) is 3.23. The minimum Gasteiger partial charge on any atom is -0.352 e. The molecule has 2 aromatic carbocycles. The standard InChI is InChI=1S/C23H27N5O2S/c1-16(2)28-15-25-27-21(28)12-13-24-23(30)19-6-4-5-7-20(19)31-14-22(29)26-18-10-8-17(3)9-11-18/h4-11,15-16H,12-14H2,1-3H3,(H,24,30)(H,26,29). The number of aromatic nitrogens is 3. The van der Waals surface area contributed by atoms with Gasteiger partial charge in [-0.15, -0.1) is 22.0 Å². The maximum absolute atomic E-state index is 12.7. The number of benzene rings is 2. The molecule has 0 radical (unpaired) electrons.